The van der Waals surface area contributed by atoms with Gasteiger partial charge in [0.05, 0.1) is 16.6 Å². The van der Waals surface area contributed by atoms with Crippen LogP contribution in [0, 0.1) is 5.92 Å². The number of hydrogen-bond acceptors (Lipinski definition) is 6. The number of fused-ring (bicyclic) bond motifs is 3. The smallest absolute Gasteiger partial charge is 0.293 e. The lowest BCUT2D eigenvalue weighted by Gasteiger charge is -2.29. The van der Waals surface area contributed by atoms with Crippen LogP contribution in [0.2, 0.25) is 0 Å². The first kappa shape index (κ1) is 27.8. The largest absolute Gasteiger partial charge is 0.463 e. The molecule has 0 saturated carbocycles. The fourth-order valence-electron chi connectivity index (χ4n) is 5.10. The standard InChI is InChI=1S/C24H25N5O2.C8H8O2/c1-16(30)28(15-17-9-11-25-12-10-17)19-6-4-5-18(13-19)21-14-23-26-24(31)20-7-2-3-8-22(20)29(23)27-21;9-7-10-6-8-4-2-1-3-5-8/h2-8,13-14,17,25H,9-12,15H2,1H3,(H,26,31);1-5,7H,6H2. The van der Waals surface area contributed by atoms with Gasteiger partial charge in [0.1, 0.15) is 12.3 Å². The minimum absolute atomic E-state index is 0.0426. The number of H-pyrrole nitrogens is 1. The van der Waals surface area contributed by atoms with Crippen molar-refractivity contribution in [3.63, 3.8) is 0 Å². The molecule has 1 fully saturated rings. The van der Waals surface area contributed by atoms with Gasteiger partial charge in [-0.3, -0.25) is 14.4 Å². The Morgan fingerprint density at radius 2 is 1.78 bits per heavy atom. The second kappa shape index (κ2) is 13.1. The number of nitrogens with one attached hydrogen (secondary N) is 2. The first-order chi connectivity index (χ1) is 20.0. The molecule has 41 heavy (non-hydrogen) atoms. The summed E-state index contributed by atoms with van der Waals surface area (Å²) in [6.45, 7) is 5.17. The van der Waals surface area contributed by atoms with E-state index in [1.165, 1.54) is 0 Å². The van der Waals surface area contributed by atoms with E-state index in [0.717, 1.165) is 60.5 Å². The summed E-state index contributed by atoms with van der Waals surface area (Å²) in [5.74, 6) is 0.543. The highest BCUT2D eigenvalue weighted by molar-refractivity contribution is 5.92. The molecule has 210 valence electrons. The molecule has 0 spiro atoms. The highest BCUT2D eigenvalue weighted by Gasteiger charge is 2.20. The topological polar surface area (TPSA) is 109 Å². The van der Waals surface area contributed by atoms with Crippen LogP contribution in [0.1, 0.15) is 25.3 Å². The number of piperidine rings is 1. The Hall–Kier alpha value is -4.76. The van der Waals surface area contributed by atoms with Gasteiger partial charge < -0.3 is 19.9 Å². The fourth-order valence-corrected chi connectivity index (χ4v) is 5.10. The van der Waals surface area contributed by atoms with Crippen LogP contribution >= 0.6 is 0 Å². The summed E-state index contributed by atoms with van der Waals surface area (Å²) in [5, 5.41) is 8.73. The van der Waals surface area contributed by atoms with E-state index in [9.17, 15) is 14.4 Å². The van der Waals surface area contributed by atoms with Crippen LogP contribution in [0.3, 0.4) is 0 Å². The van der Waals surface area contributed by atoms with E-state index < -0.39 is 0 Å². The van der Waals surface area contributed by atoms with Crippen molar-refractivity contribution in [1.82, 2.24) is 19.9 Å². The predicted molar refractivity (Wildman–Crippen MR) is 160 cm³/mol. The minimum atomic E-state index is -0.131. The van der Waals surface area contributed by atoms with Gasteiger partial charge in [-0.05, 0) is 61.7 Å². The van der Waals surface area contributed by atoms with Gasteiger partial charge in [-0.15, -0.1) is 0 Å². The van der Waals surface area contributed by atoms with Crippen LogP contribution < -0.4 is 15.8 Å². The number of rotatable bonds is 7. The van der Waals surface area contributed by atoms with Crippen molar-refractivity contribution < 1.29 is 14.3 Å². The number of carbonyl (C=O) groups is 2. The second-order valence-corrected chi connectivity index (χ2v) is 10.1. The number of nitrogens with zero attached hydrogens (tertiary/aromatic N) is 3. The number of para-hydroxylation sites is 1. The zero-order chi connectivity index (χ0) is 28.6. The van der Waals surface area contributed by atoms with E-state index >= 15 is 0 Å². The van der Waals surface area contributed by atoms with Gasteiger partial charge in [0, 0.05) is 30.8 Å². The number of amides is 1. The van der Waals surface area contributed by atoms with E-state index in [1.807, 2.05) is 83.8 Å². The number of aromatic nitrogens is 3. The van der Waals surface area contributed by atoms with Crippen molar-refractivity contribution in [2.75, 3.05) is 24.5 Å². The molecule has 0 unspecified atom stereocenters. The lowest BCUT2D eigenvalue weighted by molar-refractivity contribution is -0.129. The van der Waals surface area contributed by atoms with Crippen molar-refractivity contribution in [1.29, 1.82) is 0 Å². The number of carbonyl (C=O) groups excluding carboxylic acids is 2. The Morgan fingerprint density at radius 3 is 2.54 bits per heavy atom. The van der Waals surface area contributed by atoms with E-state index in [0.29, 0.717) is 30.0 Å². The Morgan fingerprint density at radius 1 is 1.02 bits per heavy atom. The number of ether oxygens (including phenoxy) is 1. The molecule has 5 aromatic rings. The van der Waals surface area contributed by atoms with Gasteiger partial charge in [-0.1, -0.05) is 54.6 Å². The summed E-state index contributed by atoms with van der Waals surface area (Å²) >= 11 is 0. The summed E-state index contributed by atoms with van der Waals surface area (Å²) in [4.78, 5) is 39.4. The molecule has 2 aromatic heterocycles. The molecule has 0 radical (unpaired) electrons. The first-order valence-corrected chi connectivity index (χ1v) is 13.7. The molecular weight excluding hydrogens is 518 g/mol. The number of benzene rings is 3. The summed E-state index contributed by atoms with van der Waals surface area (Å²) in [6, 6.07) is 26.8. The van der Waals surface area contributed by atoms with Gasteiger partial charge >= 0.3 is 0 Å². The third-order valence-electron chi connectivity index (χ3n) is 7.22. The predicted octanol–water partition coefficient (Wildman–Crippen LogP) is 4.55. The number of aromatic amines is 1. The van der Waals surface area contributed by atoms with Crippen molar-refractivity contribution in [3.05, 3.63) is 101 Å². The Labute approximate surface area is 237 Å². The van der Waals surface area contributed by atoms with Gasteiger partial charge in [-0.25, -0.2) is 4.52 Å². The van der Waals surface area contributed by atoms with Gasteiger partial charge in [0.15, 0.2) is 0 Å². The molecule has 3 heterocycles. The fraction of sp³-hybridized carbons (Fsp3) is 0.250. The van der Waals surface area contributed by atoms with Gasteiger partial charge in [0.2, 0.25) is 5.91 Å². The quantitative estimate of drug-likeness (QED) is 0.287. The first-order valence-electron chi connectivity index (χ1n) is 13.7. The molecule has 0 bridgehead atoms. The van der Waals surface area contributed by atoms with Gasteiger partial charge in [0.25, 0.3) is 12.0 Å². The summed E-state index contributed by atoms with van der Waals surface area (Å²) in [7, 11) is 0. The van der Waals surface area contributed by atoms with E-state index in [-0.39, 0.29) is 11.5 Å². The van der Waals surface area contributed by atoms with Crippen LogP contribution in [-0.4, -0.2) is 46.6 Å². The molecule has 9 nitrogen and oxygen atoms in total. The maximum atomic E-state index is 12.4. The maximum Gasteiger partial charge on any atom is 0.293 e. The highest BCUT2D eigenvalue weighted by atomic mass is 16.5. The molecule has 2 N–H and O–H groups in total. The molecule has 1 saturated heterocycles. The second-order valence-electron chi connectivity index (χ2n) is 10.1. The summed E-state index contributed by atoms with van der Waals surface area (Å²) in [5.41, 5.74) is 4.81. The van der Waals surface area contributed by atoms with Crippen molar-refractivity contribution >= 4 is 34.6 Å². The molecule has 6 rings (SSSR count). The molecule has 1 aliphatic heterocycles. The zero-order valence-corrected chi connectivity index (χ0v) is 23.0. The van der Waals surface area contributed by atoms with E-state index in [1.54, 1.807) is 17.5 Å². The lowest BCUT2D eigenvalue weighted by Crippen LogP contribution is -2.38. The van der Waals surface area contributed by atoms with Crippen molar-refractivity contribution in [3.8, 4) is 11.3 Å². The van der Waals surface area contributed by atoms with Crippen LogP contribution in [0.15, 0.2) is 89.7 Å². The highest BCUT2D eigenvalue weighted by Crippen LogP contribution is 2.27. The molecule has 1 aliphatic rings. The molecule has 3 aromatic carbocycles. The van der Waals surface area contributed by atoms with Crippen molar-refractivity contribution in [2.24, 2.45) is 5.92 Å². The number of anilines is 1. The maximum absolute atomic E-state index is 12.4. The molecule has 9 heteroatoms. The van der Waals surface area contributed by atoms with Crippen LogP contribution in [0.25, 0.3) is 27.8 Å². The van der Waals surface area contributed by atoms with Crippen LogP contribution in [0.5, 0.6) is 0 Å². The normalized spacial score (nSPS) is 13.4. The average molecular weight is 552 g/mol. The number of hydrogen-bond donors (Lipinski definition) is 2. The zero-order valence-electron chi connectivity index (χ0n) is 23.0. The monoisotopic (exact) mass is 551 g/mol. The summed E-state index contributed by atoms with van der Waals surface area (Å²) in [6.07, 6.45) is 2.16. The lowest BCUT2D eigenvalue weighted by atomic mass is 9.97. The molecule has 1 amide bonds. The van der Waals surface area contributed by atoms with E-state index in [2.05, 4.69) is 15.0 Å². The van der Waals surface area contributed by atoms with Crippen LogP contribution in [0.4, 0.5) is 5.69 Å². The third-order valence-corrected chi connectivity index (χ3v) is 7.22. The third kappa shape index (κ3) is 6.70. The Balaban J connectivity index is 0.000000287. The van der Waals surface area contributed by atoms with Gasteiger partial charge in [-0.2, -0.15) is 5.10 Å². The Bertz CT molecular complexity index is 1690. The Kier molecular flexibility index (Phi) is 8.85. The SMILES string of the molecule is CC(=O)N(CC1CCNCC1)c1cccc(-c2cc3[nH]c(=O)c4ccccc4n3n2)c1.O=COCc1ccccc1. The van der Waals surface area contributed by atoms with E-state index in [4.69, 9.17) is 5.10 Å². The molecule has 0 atom stereocenters. The average Bonchev–Trinajstić information content (AvgIpc) is 3.45. The van der Waals surface area contributed by atoms with Crippen LogP contribution in [-0.2, 0) is 20.9 Å². The summed E-state index contributed by atoms with van der Waals surface area (Å²) < 4.78 is 6.30. The van der Waals surface area contributed by atoms with Crippen molar-refractivity contribution in [2.45, 2.75) is 26.4 Å². The molecule has 0 aliphatic carbocycles. The minimum Gasteiger partial charge on any atom is -0.463 e. The molecular formula is C32H33N5O4.